The number of hydrogen-bond acceptors (Lipinski definition) is 7. The van der Waals surface area contributed by atoms with Crippen molar-refractivity contribution in [2.24, 2.45) is 11.1 Å². The Morgan fingerprint density at radius 1 is 0.825 bits per heavy atom. The molecule has 1 amide bonds. The molecule has 3 heterocycles. The lowest BCUT2D eigenvalue weighted by Gasteiger charge is -2.29. The maximum absolute atomic E-state index is 11.3. The summed E-state index contributed by atoms with van der Waals surface area (Å²) in [7, 11) is 0. The SMILES string of the molecule is CC(C)(C)C(Cc1ccc(NCc2ccc(CN(Cc3ccccn3)Cc3ccccn3)nc2)cc1)OC(N)=O. The summed E-state index contributed by atoms with van der Waals surface area (Å²) in [5, 5.41) is 3.46. The van der Waals surface area contributed by atoms with Crippen LogP contribution in [0.4, 0.5) is 10.5 Å². The molecular weight excluding hydrogens is 500 g/mol. The second kappa shape index (κ2) is 13.7. The fourth-order valence-corrected chi connectivity index (χ4v) is 4.33. The highest BCUT2D eigenvalue weighted by molar-refractivity contribution is 5.65. The van der Waals surface area contributed by atoms with Crippen molar-refractivity contribution in [2.75, 3.05) is 5.32 Å². The van der Waals surface area contributed by atoms with Gasteiger partial charge in [-0.15, -0.1) is 0 Å². The lowest BCUT2D eigenvalue weighted by Crippen LogP contribution is -2.35. The van der Waals surface area contributed by atoms with Crippen LogP contribution in [0.15, 0.2) is 91.4 Å². The van der Waals surface area contributed by atoms with Crippen molar-refractivity contribution < 1.29 is 9.53 Å². The molecule has 4 aromatic rings. The second-order valence-corrected chi connectivity index (χ2v) is 11.0. The van der Waals surface area contributed by atoms with Crippen LogP contribution in [0.2, 0.25) is 0 Å². The van der Waals surface area contributed by atoms with E-state index >= 15 is 0 Å². The van der Waals surface area contributed by atoms with E-state index < -0.39 is 6.09 Å². The zero-order valence-electron chi connectivity index (χ0n) is 23.5. The standard InChI is InChI=1S/C32H38N6O2/c1-32(2,3)30(40-31(33)39)18-24-10-13-26(14-11-24)36-19-25-12-15-29(37-20-25)23-38(21-27-8-4-6-16-34-27)22-28-9-5-7-17-35-28/h4-17,20,30,36H,18-19,21-23H2,1-3H3,(H2,33,39). The number of rotatable bonds is 12. The molecule has 3 aromatic heterocycles. The quantitative estimate of drug-likeness (QED) is 0.237. The summed E-state index contributed by atoms with van der Waals surface area (Å²) in [5.74, 6) is 0. The second-order valence-electron chi connectivity index (χ2n) is 11.0. The molecule has 4 rings (SSSR count). The number of anilines is 1. The Kier molecular flexibility index (Phi) is 9.81. The van der Waals surface area contributed by atoms with E-state index in [1.54, 1.807) is 0 Å². The van der Waals surface area contributed by atoms with Gasteiger partial charge in [-0.2, -0.15) is 0 Å². The first kappa shape index (κ1) is 28.7. The van der Waals surface area contributed by atoms with Crippen LogP contribution in [-0.2, 0) is 37.3 Å². The minimum absolute atomic E-state index is 0.209. The van der Waals surface area contributed by atoms with Crippen LogP contribution in [-0.4, -0.2) is 32.0 Å². The number of nitrogens with one attached hydrogen (secondary N) is 1. The number of benzene rings is 1. The van der Waals surface area contributed by atoms with Crippen molar-refractivity contribution in [3.63, 3.8) is 0 Å². The van der Waals surface area contributed by atoms with Gasteiger partial charge in [0, 0.05) is 56.9 Å². The van der Waals surface area contributed by atoms with Gasteiger partial charge in [0.1, 0.15) is 6.10 Å². The Morgan fingerprint density at radius 3 is 1.88 bits per heavy atom. The summed E-state index contributed by atoms with van der Waals surface area (Å²) < 4.78 is 5.35. The zero-order valence-corrected chi connectivity index (χ0v) is 23.5. The van der Waals surface area contributed by atoms with E-state index in [2.05, 4.69) is 32.3 Å². The Bertz CT molecular complexity index is 1280. The van der Waals surface area contributed by atoms with Gasteiger partial charge in [0.2, 0.25) is 0 Å². The largest absolute Gasteiger partial charge is 0.445 e. The molecule has 0 saturated carbocycles. The van der Waals surface area contributed by atoms with E-state index in [1.165, 1.54) is 0 Å². The Morgan fingerprint density at radius 2 is 1.40 bits per heavy atom. The molecule has 1 unspecified atom stereocenters. The number of primary amides is 1. The van der Waals surface area contributed by atoms with Gasteiger partial charge in [-0.1, -0.05) is 51.1 Å². The predicted octanol–water partition coefficient (Wildman–Crippen LogP) is 5.74. The van der Waals surface area contributed by atoms with E-state index in [0.717, 1.165) is 33.9 Å². The smallest absolute Gasteiger partial charge is 0.404 e. The average molecular weight is 539 g/mol. The van der Waals surface area contributed by atoms with Gasteiger partial charge in [-0.25, -0.2) is 4.79 Å². The van der Waals surface area contributed by atoms with E-state index in [0.29, 0.717) is 32.6 Å². The molecule has 208 valence electrons. The normalized spacial score (nSPS) is 12.2. The van der Waals surface area contributed by atoms with Crippen LogP contribution >= 0.6 is 0 Å². The Balaban J connectivity index is 1.33. The van der Waals surface area contributed by atoms with Gasteiger partial charge >= 0.3 is 6.09 Å². The molecule has 0 aliphatic heterocycles. The van der Waals surface area contributed by atoms with E-state index in [-0.39, 0.29) is 11.5 Å². The predicted molar refractivity (Wildman–Crippen MR) is 157 cm³/mol. The summed E-state index contributed by atoms with van der Waals surface area (Å²) >= 11 is 0. The lowest BCUT2D eigenvalue weighted by atomic mass is 9.85. The van der Waals surface area contributed by atoms with Gasteiger partial charge in [-0.05, 0) is 59.0 Å². The monoisotopic (exact) mass is 538 g/mol. The minimum Gasteiger partial charge on any atom is -0.445 e. The zero-order chi connectivity index (χ0) is 28.4. The van der Waals surface area contributed by atoms with Crippen LogP contribution < -0.4 is 11.1 Å². The van der Waals surface area contributed by atoms with Gasteiger partial charge in [0.05, 0.1) is 17.1 Å². The highest BCUT2D eigenvalue weighted by atomic mass is 16.6. The summed E-state index contributed by atoms with van der Waals surface area (Å²) in [6.45, 7) is 8.88. The molecule has 0 aliphatic carbocycles. The molecule has 0 saturated heterocycles. The molecule has 0 spiro atoms. The molecule has 0 aliphatic rings. The van der Waals surface area contributed by atoms with Crippen molar-refractivity contribution in [1.29, 1.82) is 0 Å². The van der Waals surface area contributed by atoms with E-state index in [1.807, 2.05) is 100 Å². The maximum atomic E-state index is 11.3. The minimum atomic E-state index is -0.744. The summed E-state index contributed by atoms with van der Waals surface area (Å²) in [6.07, 6.45) is 5.14. The molecular formula is C32H38N6O2. The molecule has 1 aromatic carbocycles. The number of hydrogen-bond donors (Lipinski definition) is 2. The number of carbonyl (C=O) groups excluding carboxylic acids is 1. The molecule has 0 fully saturated rings. The third kappa shape index (κ3) is 9.17. The van der Waals surface area contributed by atoms with Gasteiger partial charge < -0.3 is 15.8 Å². The fourth-order valence-electron chi connectivity index (χ4n) is 4.33. The van der Waals surface area contributed by atoms with Crippen LogP contribution in [0, 0.1) is 5.41 Å². The third-order valence-corrected chi connectivity index (χ3v) is 6.59. The first-order chi connectivity index (χ1) is 19.2. The fraction of sp³-hybridized carbons (Fsp3) is 0.312. The molecule has 3 N–H and O–H groups in total. The molecule has 0 radical (unpaired) electrons. The number of nitrogens with two attached hydrogens (primary N) is 1. The van der Waals surface area contributed by atoms with Crippen LogP contribution in [0.1, 0.15) is 49.0 Å². The number of pyridine rings is 3. The first-order valence-electron chi connectivity index (χ1n) is 13.5. The van der Waals surface area contributed by atoms with Crippen molar-refractivity contribution in [2.45, 2.75) is 59.5 Å². The average Bonchev–Trinajstić information content (AvgIpc) is 2.93. The Labute approximate surface area is 236 Å². The summed E-state index contributed by atoms with van der Waals surface area (Å²) in [6, 6.07) is 24.3. The maximum Gasteiger partial charge on any atom is 0.404 e. The number of ether oxygens (including phenoxy) is 1. The van der Waals surface area contributed by atoms with Crippen LogP contribution in [0.3, 0.4) is 0 Å². The van der Waals surface area contributed by atoms with Gasteiger partial charge in [-0.3, -0.25) is 19.9 Å². The first-order valence-corrected chi connectivity index (χ1v) is 13.5. The highest BCUT2D eigenvalue weighted by Gasteiger charge is 2.28. The van der Waals surface area contributed by atoms with E-state index in [4.69, 9.17) is 15.5 Å². The van der Waals surface area contributed by atoms with Crippen molar-refractivity contribution in [1.82, 2.24) is 19.9 Å². The Hall–Kier alpha value is -4.30. The lowest BCUT2D eigenvalue weighted by molar-refractivity contribution is 0.0374. The van der Waals surface area contributed by atoms with E-state index in [9.17, 15) is 4.79 Å². The highest BCUT2D eigenvalue weighted by Crippen LogP contribution is 2.26. The van der Waals surface area contributed by atoms with Crippen molar-refractivity contribution in [3.05, 3.63) is 120 Å². The summed E-state index contributed by atoms with van der Waals surface area (Å²) in [4.78, 5) is 27.3. The molecule has 1 atom stereocenters. The molecule has 8 nitrogen and oxygen atoms in total. The van der Waals surface area contributed by atoms with Crippen molar-refractivity contribution >= 4 is 11.8 Å². The molecule has 0 bridgehead atoms. The molecule has 40 heavy (non-hydrogen) atoms. The van der Waals surface area contributed by atoms with Crippen LogP contribution in [0.25, 0.3) is 0 Å². The third-order valence-electron chi connectivity index (χ3n) is 6.59. The van der Waals surface area contributed by atoms with Gasteiger partial charge in [0.25, 0.3) is 0 Å². The summed E-state index contributed by atoms with van der Waals surface area (Å²) in [5.41, 5.74) is 11.3. The van der Waals surface area contributed by atoms with Gasteiger partial charge in [0.15, 0.2) is 0 Å². The number of amides is 1. The topological polar surface area (TPSA) is 106 Å². The van der Waals surface area contributed by atoms with Crippen molar-refractivity contribution in [3.8, 4) is 0 Å². The molecule has 8 heteroatoms. The number of nitrogens with zero attached hydrogens (tertiary/aromatic N) is 4. The number of aromatic nitrogens is 3. The van der Waals surface area contributed by atoms with Crippen LogP contribution in [0.5, 0.6) is 0 Å². The number of carbonyl (C=O) groups is 1.